The summed E-state index contributed by atoms with van der Waals surface area (Å²) in [5.41, 5.74) is 2.19. The Morgan fingerprint density at radius 2 is 1.04 bits per heavy atom. The number of rotatable bonds is 16. The number of carbonyl (C=O) groups is 2. The van der Waals surface area contributed by atoms with E-state index in [0.29, 0.717) is 0 Å². The van der Waals surface area contributed by atoms with Crippen molar-refractivity contribution in [1.29, 1.82) is 0 Å². The van der Waals surface area contributed by atoms with Crippen molar-refractivity contribution in [2.75, 3.05) is 56.0 Å². The molecule has 0 aliphatic heterocycles. The Morgan fingerprint density at radius 1 is 0.640 bits per heavy atom. The van der Waals surface area contributed by atoms with Gasteiger partial charge in [0.2, 0.25) is 0 Å². The topological polar surface area (TPSA) is 96.0 Å². The van der Waals surface area contributed by atoms with E-state index in [-0.39, 0.29) is 49.7 Å². The number of benzene rings is 2. The Bertz CT molecular complexity index is 1260. The molecule has 0 N–H and O–H groups in total. The molecule has 0 spiro atoms. The normalized spacial score (nSPS) is 22.8. The van der Waals surface area contributed by atoms with Crippen LogP contribution in [0.2, 0.25) is 0 Å². The predicted molar refractivity (Wildman–Crippen MR) is 193 cm³/mol. The lowest BCUT2D eigenvalue weighted by Crippen LogP contribution is -2.37. The quantitative estimate of drug-likeness (QED) is 0.0784. The van der Waals surface area contributed by atoms with Gasteiger partial charge in [0, 0.05) is 50.3 Å². The summed E-state index contributed by atoms with van der Waals surface area (Å²) < 4.78 is 33.9. The van der Waals surface area contributed by atoms with Crippen molar-refractivity contribution in [2.45, 2.75) is 88.5 Å². The highest BCUT2D eigenvalue weighted by Gasteiger charge is 2.37. The smallest absolute Gasteiger partial charge is 0.331 e. The Kier molecular flexibility index (Phi) is 16.1. The average molecular weight is 695 g/mol. The van der Waals surface area contributed by atoms with E-state index in [1.807, 2.05) is 36.4 Å². The summed E-state index contributed by atoms with van der Waals surface area (Å²) in [4.78, 5) is 30.9. The predicted octanol–water partition coefficient (Wildman–Crippen LogP) is 7.10. The lowest BCUT2D eigenvalue weighted by atomic mass is 9.84. The van der Waals surface area contributed by atoms with Gasteiger partial charge in [-0.3, -0.25) is 0 Å². The van der Waals surface area contributed by atoms with Crippen molar-refractivity contribution in [1.82, 2.24) is 9.80 Å². The molecular weight excluding hydrogens is 636 g/mol. The second kappa shape index (κ2) is 20.4. The van der Waals surface area contributed by atoms with Crippen LogP contribution in [0.15, 0.2) is 60.7 Å². The van der Waals surface area contributed by atoms with E-state index in [2.05, 4.69) is 50.1 Å². The van der Waals surface area contributed by atoms with E-state index in [1.165, 1.54) is 12.2 Å². The van der Waals surface area contributed by atoms with Gasteiger partial charge in [-0.25, -0.2) is 9.59 Å². The van der Waals surface area contributed by atoms with Crippen molar-refractivity contribution in [3.8, 4) is 11.5 Å². The summed E-state index contributed by atoms with van der Waals surface area (Å²) in [5.74, 6) is 0.564. The first-order valence-corrected chi connectivity index (χ1v) is 18.1. The number of hydrogen-bond donors (Lipinski definition) is 0. The van der Waals surface area contributed by atoms with Crippen LogP contribution in [0.5, 0.6) is 11.5 Å². The first-order valence-electron chi connectivity index (χ1n) is 18.1. The Morgan fingerprint density at radius 3 is 1.42 bits per heavy atom. The zero-order valence-corrected chi connectivity index (χ0v) is 30.9. The second-order valence-electron chi connectivity index (χ2n) is 14.0. The maximum absolute atomic E-state index is 13.3. The van der Waals surface area contributed by atoms with Crippen LogP contribution in [0, 0.1) is 11.8 Å². The van der Waals surface area contributed by atoms with Crippen molar-refractivity contribution >= 4 is 11.9 Å². The van der Waals surface area contributed by atoms with Crippen molar-refractivity contribution in [2.24, 2.45) is 11.8 Å². The van der Waals surface area contributed by atoms with Crippen LogP contribution in [0.3, 0.4) is 0 Å². The molecule has 10 heteroatoms. The van der Waals surface area contributed by atoms with Gasteiger partial charge in [0.1, 0.15) is 23.7 Å². The second-order valence-corrected chi connectivity index (χ2v) is 14.0. The van der Waals surface area contributed by atoms with Gasteiger partial charge >= 0.3 is 11.9 Å². The van der Waals surface area contributed by atoms with Crippen LogP contribution >= 0.6 is 0 Å². The zero-order chi connectivity index (χ0) is 35.9. The summed E-state index contributed by atoms with van der Waals surface area (Å²) in [6, 6.07) is 16.1. The van der Waals surface area contributed by atoms with Crippen LogP contribution in [0.25, 0.3) is 0 Å². The molecule has 276 valence electrons. The van der Waals surface area contributed by atoms with Gasteiger partial charge in [-0.15, -0.1) is 0 Å². The fourth-order valence-electron chi connectivity index (χ4n) is 7.82. The lowest BCUT2D eigenvalue weighted by molar-refractivity contribution is -0.150. The molecular formula is C40H58N2O8. The Balaban J connectivity index is 1.45. The lowest BCUT2D eigenvalue weighted by Gasteiger charge is -2.36. The maximum atomic E-state index is 13.3. The van der Waals surface area contributed by atoms with Gasteiger partial charge in [0.05, 0.1) is 0 Å². The largest absolute Gasteiger partial charge is 0.468 e. The summed E-state index contributed by atoms with van der Waals surface area (Å²) >= 11 is 0. The highest BCUT2D eigenvalue weighted by Crippen LogP contribution is 2.40. The van der Waals surface area contributed by atoms with E-state index in [0.717, 1.165) is 86.8 Å². The molecule has 2 aromatic rings. The maximum Gasteiger partial charge on any atom is 0.331 e. The minimum atomic E-state index is -0.523. The molecule has 2 aliphatic carbocycles. The molecule has 2 aliphatic rings. The first kappa shape index (κ1) is 39.3. The third-order valence-corrected chi connectivity index (χ3v) is 9.91. The summed E-state index contributed by atoms with van der Waals surface area (Å²) in [6.45, 7) is 0.343. The summed E-state index contributed by atoms with van der Waals surface area (Å²) in [6.07, 6.45) is 11.5. The van der Waals surface area contributed by atoms with E-state index in [1.54, 1.807) is 14.2 Å². The molecule has 2 fully saturated rings. The molecule has 2 aromatic carbocycles. The number of carbonyl (C=O) groups excluding carboxylic acids is 2. The highest BCUT2D eigenvalue weighted by atomic mass is 16.7. The number of methoxy groups -OCH3 is 2. The number of ether oxygens (including phenoxy) is 6. The standard InChI is InChI=1S/C40H58N2O8/c1-41(2)39(29-15-13-17-31(25-29)47-27-45-5)33-19-9-7-11-21-35(33)49-37(43)23-24-38(44)50-36-22-12-8-10-20-34(36)40(42(3)4)30-16-14-18-32(26-30)48-28-46-6/h13-18,23-26,33-36,39-40H,7-12,19-22,27-28H2,1-6H3/b24-23-. The van der Waals surface area contributed by atoms with E-state index in [9.17, 15) is 9.59 Å². The monoisotopic (exact) mass is 694 g/mol. The van der Waals surface area contributed by atoms with Gasteiger partial charge in [0.15, 0.2) is 13.6 Å². The SMILES string of the molecule is COCOc1cccc(C(C2CCCCCC2OC(=O)/C=C\C(=O)OC2CCCCCC2C(c2cccc(OCOC)c2)N(C)C)N(C)C)c1. The van der Waals surface area contributed by atoms with E-state index < -0.39 is 11.9 Å². The fourth-order valence-corrected chi connectivity index (χ4v) is 7.82. The van der Waals surface area contributed by atoms with Crippen LogP contribution < -0.4 is 9.47 Å². The minimum absolute atomic E-state index is 0.00925. The molecule has 0 saturated heterocycles. The molecule has 6 atom stereocenters. The fraction of sp³-hybridized carbons (Fsp3) is 0.600. The zero-order valence-electron chi connectivity index (χ0n) is 30.9. The molecule has 50 heavy (non-hydrogen) atoms. The number of nitrogens with zero attached hydrogens (tertiary/aromatic N) is 2. The minimum Gasteiger partial charge on any atom is -0.468 e. The molecule has 0 bridgehead atoms. The Labute approximate surface area is 299 Å². The molecule has 2 saturated carbocycles. The first-order chi connectivity index (χ1) is 24.2. The summed E-state index contributed by atoms with van der Waals surface area (Å²) in [7, 11) is 11.4. The van der Waals surface area contributed by atoms with E-state index in [4.69, 9.17) is 28.4 Å². The van der Waals surface area contributed by atoms with Crippen molar-refractivity contribution < 1.29 is 38.0 Å². The molecule has 0 amide bonds. The highest BCUT2D eigenvalue weighted by molar-refractivity contribution is 5.91. The molecule has 0 aromatic heterocycles. The summed E-state index contributed by atoms with van der Waals surface area (Å²) in [5, 5.41) is 0. The molecule has 4 rings (SSSR count). The van der Waals surface area contributed by atoms with Gasteiger partial charge in [0.25, 0.3) is 0 Å². The van der Waals surface area contributed by atoms with Gasteiger partial charge in [-0.1, -0.05) is 49.9 Å². The van der Waals surface area contributed by atoms with E-state index >= 15 is 0 Å². The molecule has 0 radical (unpaired) electrons. The number of hydrogen-bond acceptors (Lipinski definition) is 10. The third kappa shape index (κ3) is 11.5. The van der Waals surface area contributed by atoms with Gasteiger partial charge in [-0.2, -0.15) is 0 Å². The number of esters is 2. The van der Waals surface area contributed by atoms with Gasteiger partial charge < -0.3 is 38.2 Å². The molecule has 6 unspecified atom stereocenters. The van der Waals surface area contributed by atoms with Crippen molar-refractivity contribution in [3.05, 3.63) is 71.8 Å². The molecule has 0 heterocycles. The third-order valence-electron chi connectivity index (χ3n) is 9.91. The van der Waals surface area contributed by atoms with Gasteiger partial charge in [-0.05, 0) is 102 Å². The van der Waals surface area contributed by atoms with Crippen molar-refractivity contribution in [3.63, 3.8) is 0 Å². The average Bonchev–Trinajstić information content (AvgIpc) is 3.46. The van der Waals surface area contributed by atoms with Crippen LogP contribution in [0.1, 0.15) is 87.4 Å². The molecule has 10 nitrogen and oxygen atoms in total. The van der Waals surface area contributed by atoms with Crippen LogP contribution in [0.4, 0.5) is 0 Å². The van der Waals surface area contributed by atoms with Crippen LogP contribution in [-0.2, 0) is 28.5 Å². The van der Waals surface area contributed by atoms with Crippen LogP contribution in [-0.4, -0.2) is 89.9 Å². The Hall–Kier alpha value is -3.44.